The quantitative estimate of drug-likeness (QED) is 0.352. The monoisotopic (exact) mass is 636 g/mol. The fourth-order valence-electron chi connectivity index (χ4n) is 8.18. The van der Waals surface area contributed by atoms with Gasteiger partial charge in [-0.15, -0.1) is 0 Å². The molecular weight excluding hydrogens is 586 g/mol. The molecule has 0 aromatic rings. The molecule has 0 aromatic carbocycles. The third-order valence-electron chi connectivity index (χ3n) is 10.2. The zero-order valence-corrected chi connectivity index (χ0v) is 28.7. The molecule has 4 radical (unpaired) electrons. The van der Waals surface area contributed by atoms with E-state index in [1.54, 1.807) is 22.8 Å². The van der Waals surface area contributed by atoms with E-state index in [-0.39, 0.29) is 77.5 Å². The third-order valence-corrected chi connectivity index (χ3v) is 10.2. The molecule has 8 atom stereocenters. The van der Waals surface area contributed by atoms with Crippen molar-refractivity contribution in [3.63, 3.8) is 0 Å². The Labute approximate surface area is 276 Å². The molecule has 0 N–H and O–H groups in total. The molecule has 2 aliphatic carbocycles. The molecule has 1 saturated carbocycles. The van der Waals surface area contributed by atoms with E-state index in [1.165, 1.54) is 6.92 Å². The van der Waals surface area contributed by atoms with Gasteiger partial charge in [0, 0.05) is 31.1 Å². The van der Waals surface area contributed by atoms with Gasteiger partial charge >= 0.3 is 0 Å². The van der Waals surface area contributed by atoms with Gasteiger partial charge in [-0.25, -0.2) is 0 Å². The van der Waals surface area contributed by atoms with Crippen LogP contribution in [-0.4, -0.2) is 96.0 Å². The van der Waals surface area contributed by atoms with Crippen LogP contribution in [0.4, 0.5) is 9.59 Å². The van der Waals surface area contributed by atoms with Gasteiger partial charge in [0.2, 0.25) is 15.7 Å². The minimum absolute atomic E-state index is 0.0140. The number of ketones is 4. The van der Waals surface area contributed by atoms with Gasteiger partial charge in [0.1, 0.15) is 28.8 Å². The van der Waals surface area contributed by atoms with Crippen LogP contribution in [0.15, 0.2) is 12.2 Å². The van der Waals surface area contributed by atoms with Crippen LogP contribution < -0.4 is 0 Å². The van der Waals surface area contributed by atoms with E-state index in [2.05, 4.69) is 0 Å². The summed E-state index contributed by atoms with van der Waals surface area (Å²) < 4.78 is 12.2. The van der Waals surface area contributed by atoms with Crippen LogP contribution in [0.3, 0.4) is 0 Å². The van der Waals surface area contributed by atoms with Gasteiger partial charge < -0.3 is 19.3 Å². The number of allylic oxidation sites excluding steroid dienone is 2. The summed E-state index contributed by atoms with van der Waals surface area (Å²) in [5, 5.41) is 0. The van der Waals surface area contributed by atoms with Crippen LogP contribution in [-0.2, 0) is 28.7 Å². The van der Waals surface area contributed by atoms with Crippen LogP contribution in [0.1, 0.15) is 107 Å². The van der Waals surface area contributed by atoms with Crippen molar-refractivity contribution in [1.82, 2.24) is 9.80 Å². The topological polar surface area (TPSA) is 127 Å². The van der Waals surface area contributed by atoms with E-state index in [9.17, 15) is 28.8 Å². The number of nitrogens with zero attached hydrogens (tertiary/aromatic N) is 2. The Morgan fingerprint density at radius 3 is 1.72 bits per heavy atom. The lowest BCUT2D eigenvalue weighted by molar-refractivity contribution is -0.132. The molecule has 4 rings (SSSR count). The minimum Gasteiger partial charge on any atom is -0.351 e. The van der Waals surface area contributed by atoms with E-state index >= 15 is 0 Å². The van der Waals surface area contributed by atoms with Crippen LogP contribution in [0.2, 0.25) is 0 Å². The maximum absolute atomic E-state index is 11.9. The number of carbonyl (C=O) groups is 6. The molecule has 46 heavy (non-hydrogen) atoms. The summed E-state index contributed by atoms with van der Waals surface area (Å²) in [7, 11) is 11.1. The lowest BCUT2D eigenvalue weighted by atomic mass is 9.73. The largest absolute Gasteiger partial charge is 0.351 e. The first-order chi connectivity index (χ1) is 21.3. The van der Waals surface area contributed by atoms with Crippen molar-refractivity contribution in [1.29, 1.82) is 0 Å². The lowest BCUT2D eigenvalue weighted by Gasteiger charge is -2.33. The average molecular weight is 636 g/mol. The number of Topliss-reactive ketones (excluding diaryl/α,β-unsaturated/α-hetero) is 3. The predicted molar refractivity (Wildman–Crippen MR) is 174 cm³/mol. The normalized spacial score (nSPS) is 33.4. The van der Waals surface area contributed by atoms with Gasteiger partial charge in [-0.1, -0.05) is 19.9 Å². The Kier molecular flexibility index (Phi) is 12.4. The van der Waals surface area contributed by atoms with Crippen LogP contribution in [0, 0.1) is 23.7 Å². The molecule has 2 aliphatic heterocycles. The SMILES string of the molecule is [B]C(=O)N1[C@@H](CC)[C@@H](CC2C=CC(=O)CC2C(C)=O)OC1(C)C.[B]C(=O)N1[C@@H](CC)[C@@H](CC2CCC(=O)CC2C(C)=O)OC1(C)C. The molecule has 4 unspecified atom stereocenters. The van der Waals surface area contributed by atoms with Gasteiger partial charge in [0.15, 0.2) is 17.4 Å². The van der Waals surface area contributed by atoms with E-state index in [0.717, 1.165) is 19.3 Å². The first-order valence-corrected chi connectivity index (χ1v) is 16.6. The second kappa shape index (κ2) is 15.1. The molecule has 0 bridgehead atoms. The molecule has 4 aliphatic rings. The maximum Gasteiger partial charge on any atom is 0.200 e. The van der Waals surface area contributed by atoms with Gasteiger partial charge in [-0.3, -0.25) is 28.8 Å². The molecule has 3 fully saturated rings. The van der Waals surface area contributed by atoms with Gasteiger partial charge in [-0.05, 0) is 91.6 Å². The van der Waals surface area contributed by atoms with Crippen LogP contribution in [0.5, 0.6) is 0 Å². The number of rotatable bonds is 8. The molecule has 10 nitrogen and oxygen atoms in total. The zero-order valence-electron chi connectivity index (χ0n) is 28.7. The predicted octanol–water partition coefficient (Wildman–Crippen LogP) is 4.69. The van der Waals surface area contributed by atoms with E-state index in [1.807, 2.05) is 47.6 Å². The van der Waals surface area contributed by atoms with Crippen molar-refractivity contribution in [2.24, 2.45) is 23.7 Å². The average Bonchev–Trinajstić information content (AvgIpc) is 3.37. The Bertz CT molecular complexity index is 1230. The highest BCUT2D eigenvalue weighted by Crippen LogP contribution is 2.41. The fraction of sp³-hybridized carbons (Fsp3) is 0.765. The minimum atomic E-state index is -0.767. The summed E-state index contributed by atoms with van der Waals surface area (Å²) in [6, 6.07) is -0.214. The number of hydrogen-bond donors (Lipinski definition) is 0. The van der Waals surface area contributed by atoms with Crippen molar-refractivity contribution in [3.05, 3.63) is 12.2 Å². The smallest absolute Gasteiger partial charge is 0.200 e. The molecule has 2 heterocycles. The van der Waals surface area contributed by atoms with Crippen LogP contribution in [0.25, 0.3) is 0 Å². The number of amides is 2. The van der Waals surface area contributed by atoms with E-state index < -0.39 is 23.1 Å². The Morgan fingerprint density at radius 2 is 1.28 bits per heavy atom. The number of hydrogen-bond acceptors (Lipinski definition) is 8. The molecule has 0 aromatic heterocycles. The zero-order chi connectivity index (χ0) is 34.7. The molecule has 2 saturated heterocycles. The lowest BCUT2D eigenvalue weighted by Crippen LogP contribution is -2.47. The highest BCUT2D eigenvalue weighted by Gasteiger charge is 2.50. The highest BCUT2D eigenvalue weighted by molar-refractivity contribution is 6.57. The van der Waals surface area contributed by atoms with Crippen LogP contribution >= 0.6 is 0 Å². The summed E-state index contributed by atoms with van der Waals surface area (Å²) in [6.45, 7) is 14.4. The first-order valence-electron chi connectivity index (χ1n) is 16.6. The van der Waals surface area contributed by atoms with Crippen molar-refractivity contribution < 1.29 is 38.2 Å². The summed E-state index contributed by atoms with van der Waals surface area (Å²) in [6.07, 6.45) is 7.60. The Hall–Kier alpha value is -2.59. The van der Waals surface area contributed by atoms with Gasteiger partial charge in [-0.2, -0.15) is 0 Å². The summed E-state index contributed by atoms with van der Waals surface area (Å²) in [4.78, 5) is 73.8. The van der Waals surface area contributed by atoms with Gasteiger partial charge in [0.05, 0.1) is 24.3 Å². The molecule has 12 heteroatoms. The standard InChI is InChI=1S/C17H26BNO4.C17H24BNO4/c2*1-5-14-15(23-17(3,4)19(14)16(18)22)8-11-6-7-12(21)9-13(11)10(2)20/h11,13-15H,5-9H2,1-4H3;6-7,11,13-15H,5,8-9H2,1-4H3/t2*11?,13?,14-,15+/m00/s1. The highest BCUT2D eigenvalue weighted by atomic mass is 16.5. The summed E-state index contributed by atoms with van der Waals surface area (Å²) >= 11 is 0. The summed E-state index contributed by atoms with van der Waals surface area (Å²) in [5.41, 5.74) is -1.51. The molecular formula is C34H50B2N2O8. The summed E-state index contributed by atoms with van der Waals surface area (Å²) in [5.74, 6) is -1.18. The number of ether oxygens (including phenoxy) is 2. The van der Waals surface area contributed by atoms with Gasteiger partial charge in [0.25, 0.3) is 0 Å². The first kappa shape index (κ1) is 37.9. The van der Waals surface area contributed by atoms with Crippen molar-refractivity contribution >= 4 is 50.4 Å². The fourth-order valence-corrected chi connectivity index (χ4v) is 8.18. The van der Waals surface area contributed by atoms with Crippen molar-refractivity contribution in [2.75, 3.05) is 0 Å². The van der Waals surface area contributed by atoms with Crippen molar-refractivity contribution in [3.8, 4) is 0 Å². The second-order valence-electron chi connectivity index (χ2n) is 14.2. The molecule has 250 valence electrons. The maximum atomic E-state index is 11.9. The Morgan fingerprint density at radius 1 is 0.804 bits per heavy atom. The third kappa shape index (κ3) is 8.46. The number of carbonyl (C=O) groups excluding carboxylic acids is 6. The second-order valence-corrected chi connectivity index (χ2v) is 14.2. The Balaban J connectivity index is 0.000000250. The molecule has 0 spiro atoms. The van der Waals surface area contributed by atoms with Crippen molar-refractivity contribution in [2.45, 2.75) is 142 Å². The van der Waals surface area contributed by atoms with E-state index in [0.29, 0.717) is 25.7 Å². The van der Waals surface area contributed by atoms with E-state index in [4.69, 9.17) is 25.2 Å². The molecule has 2 amide bonds.